The number of carbonyl (C=O) groups is 2. The summed E-state index contributed by atoms with van der Waals surface area (Å²) >= 11 is 0. The third-order valence-electron chi connectivity index (χ3n) is 7.08. The number of carbonyl (C=O) groups excluding carboxylic acids is 2. The highest BCUT2D eigenvalue weighted by molar-refractivity contribution is 6.06. The van der Waals surface area contributed by atoms with Gasteiger partial charge >= 0.3 is 0 Å². The molecule has 1 aromatic carbocycles. The molecule has 2 aliphatic rings. The van der Waals surface area contributed by atoms with Crippen molar-refractivity contribution in [2.24, 2.45) is 0 Å². The van der Waals surface area contributed by atoms with E-state index >= 15 is 0 Å². The monoisotopic (exact) mass is 474 g/mol. The minimum atomic E-state index is -0.0000979. The fraction of sp³-hybridized carbons (Fsp3) is 0.481. The average molecular weight is 475 g/mol. The third-order valence-corrected chi connectivity index (χ3v) is 7.08. The van der Waals surface area contributed by atoms with Gasteiger partial charge in [-0.3, -0.25) is 14.5 Å². The Morgan fingerprint density at radius 1 is 0.914 bits per heavy atom. The number of pyridine rings is 1. The largest absolute Gasteiger partial charge is 0.342 e. The zero-order chi connectivity index (χ0) is 24.4. The maximum Gasteiger partial charge on any atom is 0.254 e. The summed E-state index contributed by atoms with van der Waals surface area (Å²) in [5.41, 5.74) is 3.12. The molecule has 2 amide bonds. The molecule has 3 aromatic rings. The first-order valence-corrected chi connectivity index (χ1v) is 12.7. The Morgan fingerprint density at radius 2 is 1.63 bits per heavy atom. The summed E-state index contributed by atoms with van der Waals surface area (Å²) in [6.45, 7) is 8.95. The highest BCUT2D eigenvalue weighted by atomic mass is 16.2. The van der Waals surface area contributed by atoms with E-state index < -0.39 is 0 Å². The molecule has 2 aromatic heterocycles. The van der Waals surface area contributed by atoms with Crippen molar-refractivity contribution in [3.8, 4) is 11.3 Å². The smallest absolute Gasteiger partial charge is 0.254 e. The SMILES string of the molecule is CC(C)n1ncc2c(C(=O)N3CCN(CC(=O)N4CCCCC4)CC3)cc(-c3ccccc3)nc21. The number of aromatic nitrogens is 3. The molecule has 184 valence electrons. The number of hydrogen-bond acceptors (Lipinski definition) is 5. The molecule has 35 heavy (non-hydrogen) atoms. The Labute approximate surface area is 206 Å². The summed E-state index contributed by atoms with van der Waals surface area (Å²) in [6, 6.07) is 12.0. The lowest BCUT2D eigenvalue weighted by Gasteiger charge is -2.36. The Hall–Kier alpha value is -3.26. The summed E-state index contributed by atoms with van der Waals surface area (Å²) in [4.78, 5) is 37.3. The van der Waals surface area contributed by atoms with Gasteiger partial charge in [0.25, 0.3) is 5.91 Å². The lowest BCUT2D eigenvalue weighted by Crippen LogP contribution is -2.52. The van der Waals surface area contributed by atoms with Crippen LogP contribution in [0.2, 0.25) is 0 Å². The van der Waals surface area contributed by atoms with Crippen molar-refractivity contribution in [2.75, 3.05) is 45.8 Å². The number of fused-ring (bicyclic) bond motifs is 1. The van der Waals surface area contributed by atoms with E-state index in [0.717, 1.165) is 48.2 Å². The van der Waals surface area contributed by atoms with E-state index in [1.807, 2.05) is 50.9 Å². The molecule has 2 saturated heterocycles. The van der Waals surface area contributed by atoms with Crippen LogP contribution in [0, 0.1) is 0 Å². The van der Waals surface area contributed by atoms with Crippen molar-refractivity contribution in [2.45, 2.75) is 39.2 Å². The minimum absolute atomic E-state index is 0.0000979. The maximum absolute atomic E-state index is 13.7. The lowest BCUT2D eigenvalue weighted by molar-refractivity contribution is -0.133. The molecule has 0 spiro atoms. The number of amides is 2. The number of piperidine rings is 1. The normalized spacial score (nSPS) is 17.3. The van der Waals surface area contributed by atoms with E-state index in [-0.39, 0.29) is 17.9 Å². The van der Waals surface area contributed by atoms with E-state index in [9.17, 15) is 9.59 Å². The maximum atomic E-state index is 13.7. The molecule has 0 atom stereocenters. The van der Waals surface area contributed by atoms with Gasteiger partial charge in [-0.2, -0.15) is 5.10 Å². The summed E-state index contributed by atoms with van der Waals surface area (Å²) in [5, 5.41) is 5.32. The lowest BCUT2D eigenvalue weighted by atomic mass is 10.1. The van der Waals surface area contributed by atoms with Crippen LogP contribution in [0.4, 0.5) is 0 Å². The first kappa shape index (κ1) is 23.5. The molecule has 5 rings (SSSR count). The van der Waals surface area contributed by atoms with Crippen LogP contribution in [0.1, 0.15) is 49.5 Å². The number of likely N-dealkylation sites (tertiary alicyclic amines) is 1. The Kier molecular flexibility index (Phi) is 6.81. The molecule has 2 fully saturated rings. The van der Waals surface area contributed by atoms with Crippen LogP contribution in [0.15, 0.2) is 42.6 Å². The van der Waals surface area contributed by atoms with Crippen LogP contribution in [0.25, 0.3) is 22.3 Å². The topological polar surface area (TPSA) is 74.6 Å². The van der Waals surface area contributed by atoms with Crippen molar-refractivity contribution in [3.63, 3.8) is 0 Å². The summed E-state index contributed by atoms with van der Waals surface area (Å²) in [7, 11) is 0. The summed E-state index contributed by atoms with van der Waals surface area (Å²) in [6.07, 6.45) is 5.19. The van der Waals surface area contributed by atoms with Crippen molar-refractivity contribution in [1.29, 1.82) is 0 Å². The molecule has 0 aliphatic carbocycles. The van der Waals surface area contributed by atoms with Crippen LogP contribution in [0.3, 0.4) is 0 Å². The molecule has 2 aliphatic heterocycles. The second-order valence-electron chi connectivity index (χ2n) is 9.85. The summed E-state index contributed by atoms with van der Waals surface area (Å²) < 4.78 is 1.88. The number of nitrogens with zero attached hydrogens (tertiary/aromatic N) is 6. The Bertz CT molecular complexity index is 1190. The third kappa shape index (κ3) is 4.93. The van der Waals surface area contributed by atoms with Gasteiger partial charge in [0, 0.05) is 50.9 Å². The zero-order valence-electron chi connectivity index (χ0n) is 20.7. The van der Waals surface area contributed by atoms with Crippen molar-refractivity contribution in [1.82, 2.24) is 29.5 Å². The highest BCUT2D eigenvalue weighted by Crippen LogP contribution is 2.27. The van der Waals surface area contributed by atoms with Crippen LogP contribution in [-0.4, -0.2) is 87.1 Å². The number of rotatable bonds is 5. The standard InChI is InChI=1S/C27H34N6O2/c1-20(2)33-26-23(18-28-33)22(17-24(29-26)21-9-5-3-6-10-21)27(35)32-15-13-30(14-16-32)19-25(34)31-11-7-4-8-12-31/h3,5-6,9-10,17-18,20H,4,7-8,11-16,19H2,1-2H3. The van der Waals surface area contributed by atoms with E-state index in [1.165, 1.54) is 6.42 Å². The molecule has 0 unspecified atom stereocenters. The van der Waals surface area contributed by atoms with E-state index in [4.69, 9.17) is 4.98 Å². The summed E-state index contributed by atoms with van der Waals surface area (Å²) in [5.74, 6) is 0.216. The molecule has 8 nitrogen and oxygen atoms in total. The van der Waals surface area contributed by atoms with Crippen molar-refractivity contribution < 1.29 is 9.59 Å². The molecule has 0 radical (unpaired) electrons. The van der Waals surface area contributed by atoms with Gasteiger partial charge in [-0.05, 0) is 39.2 Å². The van der Waals surface area contributed by atoms with Crippen molar-refractivity contribution >= 4 is 22.8 Å². The molecule has 4 heterocycles. The second-order valence-corrected chi connectivity index (χ2v) is 9.85. The number of hydrogen-bond donors (Lipinski definition) is 0. The second kappa shape index (κ2) is 10.2. The van der Waals surface area contributed by atoms with Gasteiger partial charge in [-0.15, -0.1) is 0 Å². The Balaban J connectivity index is 1.34. The number of piperazine rings is 1. The quantitative estimate of drug-likeness (QED) is 0.566. The van der Waals surface area contributed by atoms with Crippen molar-refractivity contribution in [3.05, 3.63) is 48.2 Å². The van der Waals surface area contributed by atoms with Gasteiger partial charge < -0.3 is 9.80 Å². The first-order valence-electron chi connectivity index (χ1n) is 12.7. The predicted molar refractivity (Wildman–Crippen MR) is 136 cm³/mol. The zero-order valence-corrected chi connectivity index (χ0v) is 20.7. The van der Waals surface area contributed by atoms with Gasteiger partial charge in [0.05, 0.1) is 29.4 Å². The Morgan fingerprint density at radius 3 is 2.31 bits per heavy atom. The molecule has 8 heteroatoms. The first-order chi connectivity index (χ1) is 17.0. The van der Waals surface area contributed by atoms with Crippen LogP contribution in [-0.2, 0) is 4.79 Å². The van der Waals surface area contributed by atoms with Gasteiger partial charge in [0.15, 0.2) is 5.65 Å². The number of benzene rings is 1. The van der Waals surface area contributed by atoms with E-state index in [2.05, 4.69) is 23.8 Å². The van der Waals surface area contributed by atoms with Gasteiger partial charge in [0.2, 0.25) is 5.91 Å². The van der Waals surface area contributed by atoms with Crippen LogP contribution < -0.4 is 0 Å². The minimum Gasteiger partial charge on any atom is -0.342 e. The molecule has 0 saturated carbocycles. The average Bonchev–Trinajstić information content (AvgIpc) is 3.34. The van der Waals surface area contributed by atoms with Gasteiger partial charge in [0.1, 0.15) is 0 Å². The molecular weight excluding hydrogens is 440 g/mol. The van der Waals surface area contributed by atoms with E-state index in [0.29, 0.717) is 38.3 Å². The fourth-order valence-electron chi connectivity index (χ4n) is 5.04. The molecule has 0 bridgehead atoms. The fourth-order valence-corrected chi connectivity index (χ4v) is 5.04. The highest BCUT2D eigenvalue weighted by Gasteiger charge is 2.27. The molecular formula is C27H34N6O2. The van der Waals surface area contributed by atoms with Gasteiger partial charge in [-0.25, -0.2) is 9.67 Å². The van der Waals surface area contributed by atoms with E-state index in [1.54, 1.807) is 6.20 Å². The molecule has 0 N–H and O–H groups in total. The van der Waals surface area contributed by atoms with Gasteiger partial charge in [-0.1, -0.05) is 30.3 Å². The van der Waals surface area contributed by atoms with Crippen LogP contribution in [0.5, 0.6) is 0 Å². The van der Waals surface area contributed by atoms with Crippen LogP contribution >= 0.6 is 0 Å². The predicted octanol–water partition coefficient (Wildman–Crippen LogP) is 3.45.